The summed E-state index contributed by atoms with van der Waals surface area (Å²) in [6.45, 7) is 0. The van der Waals surface area contributed by atoms with Gasteiger partial charge in [-0.15, -0.1) is 5.10 Å². The van der Waals surface area contributed by atoms with Crippen LogP contribution in [0, 0.1) is 0 Å². The molecule has 0 atom stereocenters. The lowest BCUT2D eigenvalue weighted by Gasteiger charge is -1.97. The zero-order chi connectivity index (χ0) is 8.55. The number of nitrogen functional groups attached to an aromatic ring is 2. The third-order valence-corrected chi connectivity index (χ3v) is 1.47. The van der Waals surface area contributed by atoms with Crippen LogP contribution >= 0.6 is 0 Å². The molecular formula is C5H7N7. The van der Waals surface area contributed by atoms with E-state index in [9.17, 15) is 0 Å². The van der Waals surface area contributed by atoms with E-state index in [1.807, 2.05) is 0 Å². The van der Waals surface area contributed by atoms with Gasteiger partial charge >= 0.3 is 0 Å². The summed E-state index contributed by atoms with van der Waals surface area (Å²) in [6, 6.07) is 0. The van der Waals surface area contributed by atoms with Gasteiger partial charge in [-0.3, -0.25) is 0 Å². The van der Waals surface area contributed by atoms with E-state index in [1.54, 1.807) is 0 Å². The van der Waals surface area contributed by atoms with Gasteiger partial charge in [-0.25, -0.2) is 5.10 Å². The van der Waals surface area contributed by atoms with Crippen LogP contribution < -0.4 is 11.5 Å². The molecule has 7 nitrogen and oxygen atoms in total. The lowest BCUT2D eigenvalue weighted by molar-refractivity contribution is 0.837. The molecule has 0 aromatic carbocycles. The molecule has 0 spiro atoms. The Labute approximate surface area is 67.4 Å². The van der Waals surface area contributed by atoms with Crippen molar-refractivity contribution in [2.45, 2.75) is 0 Å². The molecule has 12 heavy (non-hydrogen) atoms. The molecule has 7 heteroatoms. The third-order valence-electron chi connectivity index (χ3n) is 1.47. The van der Waals surface area contributed by atoms with E-state index < -0.39 is 0 Å². The molecule has 0 aliphatic carbocycles. The minimum Gasteiger partial charge on any atom is -0.394 e. The van der Waals surface area contributed by atoms with E-state index in [-0.39, 0.29) is 0 Å². The molecule has 2 heterocycles. The average Bonchev–Trinajstić information content (AvgIpc) is 2.64. The summed E-state index contributed by atoms with van der Waals surface area (Å²) < 4.78 is 1.43. The molecule has 0 aliphatic heterocycles. The number of hydrogen-bond acceptors (Lipinski definition) is 5. The van der Waals surface area contributed by atoms with Crippen LogP contribution in [0.25, 0.3) is 5.82 Å². The molecule has 2 rings (SSSR count). The molecule has 62 valence electrons. The van der Waals surface area contributed by atoms with Crippen LogP contribution in [0.3, 0.4) is 0 Å². The molecular weight excluding hydrogens is 158 g/mol. The highest BCUT2D eigenvalue weighted by Crippen LogP contribution is 2.15. The minimum atomic E-state index is 0.376. The Hall–Kier alpha value is -2.05. The maximum Gasteiger partial charge on any atom is 0.171 e. The number of nitrogens with one attached hydrogen (secondary N) is 1. The highest BCUT2D eigenvalue weighted by molar-refractivity contribution is 5.59. The molecule has 5 N–H and O–H groups in total. The number of nitrogens with zero attached hydrogens (tertiary/aromatic N) is 4. The predicted molar refractivity (Wildman–Crippen MR) is 42.3 cm³/mol. The van der Waals surface area contributed by atoms with Crippen LogP contribution in [-0.2, 0) is 0 Å². The Balaban J connectivity index is 2.55. The van der Waals surface area contributed by atoms with Crippen LogP contribution in [0.1, 0.15) is 0 Å². The zero-order valence-corrected chi connectivity index (χ0v) is 6.10. The minimum absolute atomic E-state index is 0.376. The second kappa shape index (κ2) is 2.22. The van der Waals surface area contributed by atoms with Crippen LogP contribution in [0.15, 0.2) is 12.4 Å². The van der Waals surface area contributed by atoms with E-state index in [2.05, 4.69) is 20.5 Å². The van der Waals surface area contributed by atoms with Crippen molar-refractivity contribution < 1.29 is 0 Å². The van der Waals surface area contributed by atoms with Gasteiger partial charge in [0.05, 0.1) is 18.1 Å². The maximum atomic E-state index is 5.59. The van der Waals surface area contributed by atoms with Crippen LogP contribution in [0.4, 0.5) is 11.5 Å². The Morgan fingerprint density at radius 3 is 2.67 bits per heavy atom. The number of nitrogens with two attached hydrogens (primary N) is 2. The van der Waals surface area contributed by atoms with E-state index in [1.165, 1.54) is 17.1 Å². The van der Waals surface area contributed by atoms with Gasteiger partial charge in [0.25, 0.3) is 0 Å². The average molecular weight is 165 g/mol. The maximum absolute atomic E-state index is 5.59. The van der Waals surface area contributed by atoms with Crippen molar-refractivity contribution in [3.63, 3.8) is 0 Å². The molecule has 0 fully saturated rings. The Morgan fingerprint density at radius 1 is 1.33 bits per heavy atom. The Bertz CT molecular complexity index is 372. The van der Waals surface area contributed by atoms with Crippen molar-refractivity contribution in [2.24, 2.45) is 0 Å². The Kier molecular flexibility index (Phi) is 1.23. The highest BCUT2D eigenvalue weighted by atomic mass is 15.4. The summed E-state index contributed by atoms with van der Waals surface area (Å²) in [7, 11) is 0. The van der Waals surface area contributed by atoms with E-state index in [0.717, 1.165) is 0 Å². The van der Waals surface area contributed by atoms with Gasteiger partial charge in [-0.1, -0.05) is 5.21 Å². The van der Waals surface area contributed by atoms with E-state index in [0.29, 0.717) is 17.3 Å². The lowest BCUT2D eigenvalue weighted by Crippen LogP contribution is -2.03. The number of H-pyrrole nitrogens is 1. The molecule has 2 aromatic rings. The molecule has 0 aliphatic rings. The normalized spacial score (nSPS) is 10.3. The number of aromatic nitrogens is 5. The first-order valence-corrected chi connectivity index (χ1v) is 3.24. The summed E-state index contributed by atoms with van der Waals surface area (Å²) in [4.78, 5) is 0. The standard InChI is InChI=1S/C5H7N7/c6-3-1-9-12(5(3)7)4-2-8-11-10-4/h1-2H,6-7H2,(H,8,10,11). The summed E-state index contributed by atoms with van der Waals surface area (Å²) in [6.07, 6.45) is 2.97. The lowest BCUT2D eigenvalue weighted by atomic mass is 10.5. The van der Waals surface area contributed by atoms with Crippen LogP contribution in [0.5, 0.6) is 0 Å². The molecule has 2 aromatic heterocycles. The molecule has 0 saturated heterocycles. The SMILES string of the molecule is Nc1cnn(-c2cnn[nH]2)c1N. The van der Waals surface area contributed by atoms with Crippen molar-refractivity contribution >= 4 is 11.5 Å². The van der Waals surface area contributed by atoms with Crippen LogP contribution in [-0.4, -0.2) is 25.2 Å². The molecule has 0 saturated carbocycles. The highest BCUT2D eigenvalue weighted by Gasteiger charge is 2.06. The number of hydrogen-bond donors (Lipinski definition) is 3. The van der Waals surface area contributed by atoms with Crippen LogP contribution in [0.2, 0.25) is 0 Å². The fourth-order valence-electron chi connectivity index (χ4n) is 0.857. The Morgan fingerprint density at radius 2 is 2.17 bits per heavy atom. The number of anilines is 2. The van der Waals surface area contributed by atoms with Gasteiger partial charge in [0, 0.05) is 0 Å². The van der Waals surface area contributed by atoms with Gasteiger partial charge < -0.3 is 11.5 Å². The van der Waals surface area contributed by atoms with Gasteiger partial charge in [0.2, 0.25) is 0 Å². The van der Waals surface area contributed by atoms with Crippen molar-refractivity contribution in [1.29, 1.82) is 0 Å². The quantitative estimate of drug-likeness (QED) is 0.509. The van der Waals surface area contributed by atoms with Crippen molar-refractivity contribution in [3.05, 3.63) is 12.4 Å². The van der Waals surface area contributed by atoms with Gasteiger partial charge in [-0.05, 0) is 0 Å². The van der Waals surface area contributed by atoms with Gasteiger partial charge in [0.1, 0.15) is 0 Å². The third kappa shape index (κ3) is 0.797. The second-order valence-electron chi connectivity index (χ2n) is 2.24. The summed E-state index contributed by atoms with van der Waals surface area (Å²) in [5.74, 6) is 0.963. The summed E-state index contributed by atoms with van der Waals surface area (Å²) in [5, 5.41) is 13.6. The predicted octanol–water partition coefficient (Wildman–Crippen LogP) is -0.845. The van der Waals surface area contributed by atoms with Gasteiger partial charge in [-0.2, -0.15) is 9.78 Å². The summed E-state index contributed by atoms with van der Waals surface area (Å²) in [5.41, 5.74) is 11.5. The fraction of sp³-hybridized carbons (Fsp3) is 0. The molecule has 0 radical (unpaired) electrons. The monoisotopic (exact) mass is 165 g/mol. The zero-order valence-electron chi connectivity index (χ0n) is 6.10. The molecule has 0 bridgehead atoms. The molecule has 0 unspecified atom stereocenters. The first-order chi connectivity index (χ1) is 5.79. The largest absolute Gasteiger partial charge is 0.394 e. The smallest absolute Gasteiger partial charge is 0.171 e. The van der Waals surface area contributed by atoms with E-state index >= 15 is 0 Å². The summed E-state index contributed by atoms with van der Waals surface area (Å²) >= 11 is 0. The molecule has 0 amide bonds. The van der Waals surface area contributed by atoms with Crippen molar-refractivity contribution in [3.8, 4) is 5.82 Å². The van der Waals surface area contributed by atoms with E-state index in [4.69, 9.17) is 11.5 Å². The topological polar surface area (TPSA) is 111 Å². The number of rotatable bonds is 1. The first kappa shape index (κ1) is 6.65. The number of aromatic amines is 1. The van der Waals surface area contributed by atoms with Gasteiger partial charge in [0.15, 0.2) is 11.6 Å². The van der Waals surface area contributed by atoms with Crippen molar-refractivity contribution in [1.82, 2.24) is 25.2 Å². The fourth-order valence-corrected chi connectivity index (χ4v) is 0.857. The van der Waals surface area contributed by atoms with Crippen molar-refractivity contribution in [2.75, 3.05) is 11.5 Å². The second-order valence-corrected chi connectivity index (χ2v) is 2.24. The first-order valence-electron chi connectivity index (χ1n) is 3.24.